The molecule has 92 valence electrons. The number of nitrogens with two attached hydrogens (primary N) is 1. The minimum atomic E-state index is -0.413. The zero-order chi connectivity index (χ0) is 12.3. The summed E-state index contributed by atoms with van der Waals surface area (Å²) >= 11 is 0. The average Bonchev–Trinajstić information content (AvgIpc) is 2.84. The monoisotopic (exact) mass is 238 g/mol. The van der Waals surface area contributed by atoms with Gasteiger partial charge in [-0.2, -0.15) is 0 Å². The topological polar surface area (TPSA) is 56.5 Å². The zero-order valence-electron chi connectivity index (χ0n) is 9.57. The fourth-order valence-corrected chi connectivity index (χ4v) is 1.84. The first-order chi connectivity index (χ1) is 8.26. The second-order valence-electron chi connectivity index (χ2n) is 3.74. The second kappa shape index (κ2) is 5.16. The van der Waals surface area contributed by atoms with Crippen LogP contribution in [-0.2, 0) is 4.74 Å². The van der Waals surface area contributed by atoms with Crippen molar-refractivity contribution < 1.29 is 13.9 Å². The lowest BCUT2D eigenvalue weighted by Gasteiger charge is -2.18. The Kier molecular flexibility index (Phi) is 3.61. The molecule has 0 aliphatic carbocycles. The van der Waals surface area contributed by atoms with Gasteiger partial charge >= 0.3 is 0 Å². The molecule has 1 unspecified atom stereocenters. The maximum Gasteiger partial charge on any atom is 0.165 e. The Morgan fingerprint density at radius 3 is 2.88 bits per heavy atom. The van der Waals surface area contributed by atoms with E-state index in [1.807, 2.05) is 6.08 Å². The third-order valence-corrected chi connectivity index (χ3v) is 2.69. The van der Waals surface area contributed by atoms with Crippen molar-refractivity contribution in [1.29, 1.82) is 0 Å². The molecule has 1 aliphatic heterocycles. The van der Waals surface area contributed by atoms with Crippen LogP contribution in [0.1, 0.15) is 18.0 Å². The predicted molar refractivity (Wildman–Crippen MR) is 61.7 cm³/mol. The first-order valence-electron chi connectivity index (χ1n) is 5.38. The number of ether oxygens (including phenoxy) is 2. The fraction of sp³-hybridized carbons (Fsp3) is 0.333. The van der Waals surface area contributed by atoms with Crippen molar-refractivity contribution in [2.75, 3.05) is 13.7 Å². The van der Waals surface area contributed by atoms with Gasteiger partial charge in [0.1, 0.15) is 11.8 Å². The highest BCUT2D eigenvalue weighted by atomic mass is 19.1. The van der Waals surface area contributed by atoms with E-state index in [0.29, 0.717) is 12.2 Å². The number of hydrogen-bond acceptors (Lipinski definition) is 4. The van der Waals surface area contributed by atoms with Crippen molar-refractivity contribution in [3.05, 3.63) is 41.4 Å². The Hall–Kier alpha value is -1.59. The van der Waals surface area contributed by atoms with Crippen molar-refractivity contribution in [1.82, 2.24) is 5.43 Å². The van der Waals surface area contributed by atoms with Crippen molar-refractivity contribution in [3.8, 4) is 5.75 Å². The molecule has 2 rings (SSSR count). The quantitative estimate of drug-likeness (QED) is 0.618. The Balaban J connectivity index is 2.28. The van der Waals surface area contributed by atoms with E-state index in [1.165, 1.54) is 13.2 Å². The van der Waals surface area contributed by atoms with Crippen molar-refractivity contribution in [2.24, 2.45) is 5.84 Å². The van der Waals surface area contributed by atoms with Crippen LogP contribution in [0.5, 0.6) is 5.75 Å². The summed E-state index contributed by atoms with van der Waals surface area (Å²) in [7, 11) is 1.43. The molecule has 1 aliphatic rings. The lowest BCUT2D eigenvalue weighted by atomic mass is 10.0. The molecule has 4 nitrogen and oxygen atoms in total. The van der Waals surface area contributed by atoms with Crippen LogP contribution in [0, 0.1) is 5.82 Å². The maximum atomic E-state index is 13.6. The molecule has 1 aromatic carbocycles. The third-order valence-electron chi connectivity index (χ3n) is 2.69. The number of benzene rings is 1. The molecule has 0 saturated heterocycles. The summed E-state index contributed by atoms with van der Waals surface area (Å²) in [6.45, 7) is 0.645. The first-order valence-corrected chi connectivity index (χ1v) is 5.38. The smallest absolute Gasteiger partial charge is 0.165 e. The number of hydrazine groups is 1. The van der Waals surface area contributed by atoms with Crippen LogP contribution >= 0.6 is 0 Å². The molecule has 0 bridgehead atoms. The molecule has 0 spiro atoms. The van der Waals surface area contributed by atoms with E-state index >= 15 is 0 Å². The third kappa shape index (κ3) is 2.40. The van der Waals surface area contributed by atoms with Crippen LogP contribution in [0.4, 0.5) is 4.39 Å². The van der Waals surface area contributed by atoms with Gasteiger partial charge in [0.25, 0.3) is 0 Å². The lowest BCUT2D eigenvalue weighted by molar-refractivity contribution is 0.215. The van der Waals surface area contributed by atoms with Gasteiger partial charge in [-0.25, -0.2) is 9.82 Å². The van der Waals surface area contributed by atoms with Crippen LogP contribution in [-0.4, -0.2) is 13.7 Å². The summed E-state index contributed by atoms with van der Waals surface area (Å²) in [4.78, 5) is 0. The van der Waals surface area contributed by atoms with Crippen LogP contribution in [0.2, 0.25) is 0 Å². The van der Waals surface area contributed by atoms with Crippen LogP contribution in [0.3, 0.4) is 0 Å². The SMILES string of the molecule is COc1ccc(C(NN)C2=CCCO2)cc1F. The van der Waals surface area contributed by atoms with Crippen LogP contribution in [0.15, 0.2) is 30.0 Å². The molecule has 3 N–H and O–H groups in total. The standard InChI is InChI=1S/C12H15FN2O2/c1-16-10-5-4-8(7-9(10)13)12(15-14)11-3-2-6-17-11/h3-5,7,12,15H,2,6,14H2,1H3. The van der Waals surface area contributed by atoms with E-state index in [-0.39, 0.29) is 11.8 Å². The Morgan fingerprint density at radius 2 is 2.35 bits per heavy atom. The molecule has 0 aromatic heterocycles. The molecule has 1 atom stereocenters. The van der Waals surface area contributed by atoms with Crippen molar-refractivity contribution in [3.63, 3.8) is 0 Å². The van der Waals surface area contributed by atoms with Gasteiger partial charge in [0.15, 0.2) is 11.6 Å². The summed E-state index contributed by atoms with van der Waals surface area (Å²) in [6.07, 6.45) is 2.80. The summed E-state index contributed by atoms with van der Waals surface area (Å²) in [6, 6.07) is 4.41. The molecule has 17 heavy (non-hydrogen) atoms. The van der Waals surface area contributed by atoms with E-state index in [9.17, 15) is 4.39 Å². The van der Waals surface area contributed by atoms with Crippen LogP contribution in [0.25, 0.3) is 0 Å². The lowest BCUT2D eigenvalue weighted by Crippen LogP contribution is -2.29. The van der Waals surface area contributed by atoms with Gasteiger partial charge in [-0.3, -0.25) is 5.84 Å². The van der Waals surface area contributed by atoms with Gasteiger partial charge in [0.05, 0.1) is 13.7 Å². The minimum Gasteiger partial charge on any atom is -0.496 e. The van der Waals surface area contributed by atoms with Crippen LogP contribution < -0.4 is 16.0 Å². The molecule has 0 radical (unpaired) electrons. The van der Waals surface area contributed by atoms with Gasteiger partial charge in [-0.15, -0.1) is 0 Å². The number of methoxy groups -OCH3 is 1. The van der Waals surface area contributed by atoms with Crippen molar-refractivity contribution in [2.45, 2.75) is 12.5 Å². The van der Waals surface area contributed by atoms with E-state index in [1.54, 1.807) is 12.1 Å². The van der Waals surface area contributed by atoms with E-state index < -0.39 is 5.82 Å². The number of hydrogen-bond donors (Lipinski definition) is 2. The maximum absolute atomic E-state index is 13.6. The highest BCUT2D eigenvalue weighted by Crippen LogP contribution is 2.28. The molecular weight excluding hydrogens is 223 g/mol. The molecule has 0 saturated carbocycles. The molecule has 1 aromatic rings. The zero-order valence-corrected chi connectivity index (χ0v) is 9.57. The largest absolute Gasteiger partial charge is 0.496 e. The van der Waals surface area contributed by atoms with Gasteiger partial charge in [-0.1, -0.05) is 6.07 Å². The number of rotatable bonds is 4. The highest BCUT2D eigenvalue weighted by molar-refractivity contribution is 5.34. The second-order valence-corrected chi connectivity index (χ2v) is 3.74. The van der Waals surface area contributed by atoms with E-state index in [4.69, 9.17) is 15.3 Å². The number of nitrogens with one attached hydrogen (secondary N) is 1. The van der Waals surface area contributed by atoms with Gasteiger partial charge in [0, 0.05) is 6.42 Å². The summed E-state index contributed by atoms with van der Waals surface area (Å²) in [5, 5.41) is 0. The Morgan fingerprint density at radius 1 is 1.53 bits per heavy atom. The molecular formula is C12H15FN2O2. The molecule has 5 heteroatoms. The average molecular weight is 238 g/mol. The fourth-order valence-electron chi connectivity index (χ4n) is 1.84. The molecule has 0 amide bonds. The summed E-state index contributed by atoms with van der Waals surface area (Å²) in [5.41, 5.74) is 3.33. The number of halogens is 1. The van der Waals surface area contributed by atoms with Gasteiger partial charge in [0.2, 0.25) is 0 Å². The first kappa shape index (κ1) is 11.9. The molecule has 0 fully saturated rings. The summed E-state index contributed by atoms with van der Waals surface area (Å²) in [5.74, 6) is 6.01. The van der Waals surface area contributed by atoms with E-state index in [2.05, 4.69) is 5.43 Å². The van der Waals surface area contributed by atoms with Gasteiger partial charge in [-0.05, 0) is 23.8 Å². The molecule has 1 heterocycles. The predicted octanol–water partition coefficient (Wildman–Crippen LogP) is 1.64. The minimum absolute atomic E-state index is 0.214. The Labute approximate surface area is 99.2 Å². The Bertz CT molecular complexity index is 435. The van der Waals surface area contributed by atoms with Gasteiger partial charge < -0.3 is 9.47 Å². The van der Waals surface area contributed by atoms with Crippen molar-refractivity contribution >= 4 is 0 Å². The summed E-state index contributed by atoms with van der Waals surface area (Å²) < 4.78 is 23.9. The normalized spacial score (nSPS) is 16.3. The van der Waals surface area contributed by atoms with E-state index in [0.717, 1.165) is 12.2 Å². The highest BCUT2D eigenvalue weighted by Gasteiger charge is 2.20.